The molecule has 134 valence electrons. The van der Waals surface area contributed by atoms with Crippen molar-refractivity contribution in [3.8, 4) is 0 Å². The fourth-order valence-corrected chi connectivity index (χ4v) is 3.05. The number of benzene rings is 1. The number of amides is 2. The van der Waals surface area contributed by atoms with Crippen molar-refractivity contribution in [3.05, 3.63) is 35.6 Å². The molecule has 3 unspecified atom stereocenters. The van der Waals surface area contributed by atoms with Gasteiger partial charge >= 0.3 is 6.03 Å². The number of hydrogen-bond acceptors (Lipinski definition) is 3. The molecule has 1 aliphatic heterocycles. The summed E-state index contributed by atoms with van der Waals surface area (Å²) >= 11 is 0. The first-order valence-electron chi connectivity index (χ1n) is 8.65. The van der Waals surface area contributed by atoms with Crippen molar-refractivity contribution in [2.75, 3.05) is 26.2 Å². The molecule has 1 fully saturated rings. The molecule has 3 atom stereocenters. The van der Waals surface area contributed by atoms with E-state index in [1.54, 1.807) is 0 Å². The Morgan fingerprint density at radius 2 is 2.00 bits per heavy atom. The summed E-state index contributed by atoms with van der Waals surface area (Å²) in [5, 5.41) is 15.5. The molecule has 24 heavy (non-hydrogen) atoms. The zero-order valence-electron chi connectivity index (χ0n) is 14.5. The van der Waals surface area contributed by atoms with Gasteiger partial charge in [0.1, 0.15) is 5.82 Å². The average Bonchev–Trinajstić information content (AvgIpc) is 2.58. The van der Waals surface area contributed by atoms with E-state index in [1.807, 2.05) is 0 Å². The summed E-state index contributed by atoms with van der Waals surface area (Å²) in [6.07, 6.45) is 1.64. The largest absolute Gasteiger partial charge is 0.387 e. The van der Waals surface area contributed by atoms with Crippen LogP contribution in [0.3, 0.4) is 0 Å². The maximum atomic E-state index is 12.9. The van der Waals surface area contributed by atoms with Gasteiger partial charge < -0.3 is 15.7 Å². The smallest absolute Gasteiger partial charge is 0.314 e. The zero-order valence-corrected chi connectivity index (χ0v) is 14.5. The number of likely N-dealkylation sites (tertiary alicyclic amines) is 1. The van der Waals surface area contributed by atoms with E-state index in [-0.39, 0.29) is 18.4 Å². The lowest BCUT2D eigenvalue weighted by molar-refractivity contribution is 0.136. The van der Waals surface area contributed by atoms with Crippen molar-refractivity contribution < 1.29 is 14.3 Å². The van der Waals surface area contributed by atoms with Gasteiger partial charge in [-0.15, -0.1) is 0 Å². The Morgan fingerprint density at radius 1 is 1.33 bits per heavy atom. The van der Waals surface area contributed by atoms with Crippen LogP contribution in [-0.2, 0) is 0 Å². The molecule has 1 aliphatic rings. The second-order valence-corrected chi connectivity index (χ2v) is 6.75. The third-order valence-electron chi connectivity index (χ3n) is 4.58. The topological polar surface area (TPSA) is 64.6 Å². The molecule has 5 nitrogen and oxygen atoms in total. The predicted octanol–water partition coefficient (Wildman–Crippen LogP) is 2.28. The van der Waals surface area contributed by atoms with Gasteiger partial charge in [-0.3, -0.25) is 4.90 Å². The summed E-state index contributed by atoms with van der Waals surface area (Å²) in [5.41, 5.74) is 0.576. The highest BCUT2D eigenvalue weighted by Crippen LogP contribution is 2.17. The van der Waals surface area contributed by atoms with Crippen LogP contribution in [0.2, 0.25) is 0 Å². The van der Waals surface area contributed by atoms with Crippen molar-refractivity contribution >= 4 is 6.03 Å². The minimum atomic E-state index is -0.850. The van der Waals surface area contributed by atoms with E-state index in [0.717, 1.165) is 13.1 Å². The Labute approximate surface area is 143 Å². The number of nitrogens with one attached hydrogen (secondary N) is 2. The second kappa shape index (κ2) is 8.99. The first kappa shape index (κ1) is 18.7. The third-order valence-corrected chi connectivity index (χ3v) is 4.58. The summed E-state index contributed by atoms with van der Waals surface area (Å²) in [6.45, 7) is 7.20. The van der Waals surface area contributed by atoms with E-state index >= 15 is 0 Å². The first-order valence-corrected chi connectivity index (χ1v) is 8.65. The van der Waals surface area contributed by atoms with Gasteiger partial charge in [0.25, 0.3) is 0 Å². The van der Waals surface area contributed by atoms with Crippen LogP contribution in [0.25, 0.3) is 0 Å². The lowest BCUT2D eigenvalue weighted by Gasteiger charge is -2.35. The quantitative estimate of drug-likeness (QED) is 0.746. The maximum Gasteiger partial charge on any atom is 0.314 e. The standard InChI is InChI=1S/C18H28FN3O2/c1-13-4-3-9-22(12-13)14(2)10-20-18(24)21-11-17(23)15-5-7-16(19)8-6-15/h5-8,13-14,17,23H,3-4,9-12H2,1-2H3,(H2,20,21,24). The van der Waals surface area contributed by atoms with Crippen molar-refractivity contribution in [2.24, 2.45) is 5.92 Å². The van der Waals surface area contributed by atoms with E-state index < -0.39 is 6.10 Å². The Balaban J connectivity index is 1.68. The number of aliphatic hydroxyl groups is 1. The predicted molar refractivity (Wildman–Crippen MR) is 92.2 cm³/mol. The SMILES string of the molecule is CC1CCCN(C(C)CNC(=O)NCC(O)c2ccc(F)cc2)C1. The summed E-state index contributed by atoms with van der Waals surface area (Å²) < 4.78 is 12.9. The Morgan fingerprint density at radius 3 is 2.67 bits per heavy atom. The monoisotopic (exact) mass is 337 g/mol. The van der Waals surface area contributed by atoms with Crippen molar-refractivity contribution in [3.63, 3.8) is 0 Å². The summed E-state index contributed by atoms with van der Waals surface area (Å²) in [7, 11) is 0. The molecular formula is C18H28FN3O2. The maximum absolute atomic E-state index is 12.9. The van der Waals surface area contributed by atoms with E-state index in [1.165, 1.54) is 37.1 Å². The molecule has 6 heteroatoms. The molecule has 1 aromatic carbocycles. The van der Waals surface area contributed by atoms with Crippen molar-refractivity contribution in [1.82, 2.24) is 15.5 Å². The Hall–Kier alpha value is -1.66. The summed E-state index contributed by atoms with van der Waals surface area (Å²) in [6, 6.07) is 5.60. The van der Waals surface area contributed by atoms with Crippen LogP contribution in [0, 0.1) is 11.7 Å². The fraction of sp³-hybridized carbons (Fsp3) is 0.611. The second-order valence-electron chi connectivity index (χ2n) is 6.75. The van der Waals surface area contributed by atoms with Crippen LogP contribution in [0.5, 0.6) is 0 Å². The molecule has 1 saturated heterocycles. The van der Waals surface area contributed by atoms with Gasteiger partial charge in [-0.05, 0) is 49.9 Å². The highest BCUT2D eigenvalue weighted by molar-refractivity contribution is 5.73. The van der Waals surface area contributed by atoms with E-state index in [9.17, 15) is 14.3 Å². The van der Waals surface area contributed by atoms with E-state index in [2.05, 4.69) is 29.4 Å². The summed E-state index contributed by atoms with van der Waals surface area (Å²) in [5.74, 6) is 0.360. The summed E-state index contributed by atoms with van der Waals surface area (Å²) in [4.78, 5) is 14.3. The molecule has 3 N–H and O–H groups in total. The third kappa shape index (κ3) is 5.76. The number of urea groups is 1. The van der Waals surface area contributed by atoms with Crippen LogP contribution in [0.1, 0.15) is 38.4 Å². The van der Waals surface area contributed by atoms with Crippen molar-refractivity contribution in [1.29, 1.82) is 0 Å². The molecule has 0 saturated carbocycles. The highest BCUT2D eigenvalue weighted by atomic mass is 19.1. The van der Waals surface area contributed by atoms with Gasteiger partial charge in [0.2, 0.25) is 0 Å². The normalized spacial score (nSPS) is 21.1. The molecule has 0 bridgehead atoms. The molecular weight excluding hydrogens is 309 g/mol. The van der Waals surface area contributed by atoms with Crippen LogP contribution in [-0.4, -0.2) is 48.3 Å². The lowest BCUT2D eigenvalue weighted by Crippen LogP contribution is -2.48. The molecule has 0 aliphatic carbocycles. The first-order chi connectivity index (χ1) is 11.5. The van der Waals surface area contributed by atoms with Gasteiger partial charge in [0, 0.05) is 25.7 Å². The van der Waals surface area contributed by atoms with E-state index in [0.29, 0.717) is 24.1 Å². The van der Waals surface area contributed by atoms with Crippen LogP contribution >= 0.6 is 0 Å². The number of carbonyl (C=O) groups is 1. The fourth-order valence-electron chi connectivity index (χ4n) is 3.05. The average molecular weight is 337 g/mol. The number of hydrogen-bond donors (Lipinski definition) is 3. The molecule has 0 spiro atoms. The van der Waals surface area contributed by atoms with Crippen LogP contribution in [0.4, 0.5) is 9.18 Å². The van der Waals surface area contributed by atoms with Gasteiger partial charge in [0.05, 0.1) is 6.10 Å². The highest BCUT2D eigenvalue weighted by Gasteiger charge is 2.21. The Kier molecular flexibility index (Phi) is 6.99. The molecule has 1 heterocycles. The molecule has 0 aromatic heterocycles. The molecule has 2 rings (SSSR count). The minimum absolute atomic E-state index is 0.0899. The minimum Gasteiger partial charge on any atom is -0.387 e. The lowest BCUT2D eigenvalue weighted by atomic mass is 9.99. The number of rotatable bonds is 6. The molecule has 1 aromatic rings. The Bertz CT molecular complexity index is 524. The van der Waals surface area contributed by atoms with E-state index in [4.69, 9.17) is 0 Å². The van der Waals surface area contributed by atoms with Gasteiger partial charge in [-0.2, -0.15) is 0 Å². The molecule has 0 radical (unpaired) electrons. The van der Waals surface area contributed by atoms with Gasteiger partial charge in [-0.1, -0.05) is 19.1 Å². The van der Waals surface area contributed by atoms with Gasteiger partial charge in [-0.25, -0.2) is 9.18 Å². The number of piperidine rings is 1. The zero-order chi connectivity index (χ0) is 17.5. The van der Waals surface area contributed by atoms with Crippen LogP contribution in [0.15, 0.2) is 24.3 Å². The number of carbonyl (C=O) groups excluding carboxylic acids is 1. The van der Waals surface area contributed by atoms with Gasteiger partial charge in [0.15, 0.2) is 0 Å². The van der Waals surface area contributed by atoms with Crippen molar-refractivity contribution in [2.45, 2.75) is 38.8 Å². The van der Waals surface area contributed by atoms with Crippen LogP contribution < -0.4 is 10.6 Å². The number of nitrogens with zero attached hydrogens (tertiary/aromatic N) is 1. The number of aliphatic hydroxyl groups excluding tert-OH is 1. The molecule has 2 amide bonds. The number of halogens is 1.